The van der Waals surface area contributed by atoms with Crippen LogP contribution in [0.5, 0.6) is 11.5 Å². The van der Waals surface area contributed by atoms with Crippen molar-refractivity contribution in [2.24, 2.45) is 5.73 Å². The molecule has 0 saturated heterocycles. The van der Waals surface area contributed by atoms with Crippen LogP contribution < -0.4 is 20.5 Å². The molecule has 1 atom stereocenters. The van der Waals surface area contributed by atoms with Gasteiger partial charge in [0, 0.05) is 6.54 Å². The maximum Gasteiger partial charge on any atom is 0.236 e. The molecule has 22 heavy (non-hydrogen) atoms. The van der Waals surface area contributed by atoms with E-state index in [2.05, 4.69) is 5.32 Å². The molecule has 6 heteroatoms. The van der Waals surface area contributed by atoms with Gasteiger partial charge in [0.1, 0.15) is 0 Å². The Morgan fingerprint density at radius 3 is 2.55 bits per heavy atom. The Morgan fingerprint density at radius 2 is 1.95 bits per heavy atom. The molecular formula is C16H27ClN2O3. The first-order valence-corrected chi connectivity index (χ1v) is 7.36. The molecule has 5 nitrogen and oxygen atoms in total. The van der Waals surface area contributed by atoms with E-state index in [1.807, 2.05) is 25.1 Å². The predicted octanol–water partition coefficient (Wildman–Crippen LogP) is 2.30. The quantitative estimate of drug-likeness (QED) is 0.681. The third-order valence-corrected chi connectivity index (χ3v) is 3.33. The number of nitrogens with two attached hydrogens (primary N) is 1. The predicted molar refractivity (Wildman–Crippen MR) is 91.0 cm³/mol. The monoisotopic (exact) mass is 330 g/mol. The van der Waals surface area contributed by atoms with Crippen molar-refractivity contribution in [1.29, 1.82) is 0 Å². The van der Waals surface area contributed by atoms with Crippen molar-refractivity contribution in [3.63, 3.8) is 0 Å². The highest BCUT2D eigenvalue weighted by Crippen LogP contribution is 2.27. The number of amides is 1. The second kappa shape index (κ2) is 11.2. The average molecular weight is 331 g/mol. The third-order valence-electron chi connectivity index (χ3n) is 3.33. The molecule has 1 amide bonds. The summed E-state index contributed by atoms with van der Waals surface area (Å²) in [6.45, 7) is 2.65. The first-order chi connectivity index (χ1) is 10.1. The fourth-order valence-corrected chi connectivity index (χ4v) is 2.11. The Kier molecular flexibility index (Phi) is 10.4. The Hall–Kier alpha value is -1.46. The van der Waals surface area contributed by atoms with E-state index in [9.17, 15) is 4.79 Å². The molecule has 0 spiro atoms. The number of halogens is 1. The molecule has 1 unspecified atom stereocenters. The molecular weight excluding hydrogens is 304 g/mol. The number of hydrogen-bond acceptors (Lipinski definition) is 4. The van der Waals surface area contributed by atoms with Gasteiger partial charge in [-0.3, -0.25) is 4.79 Å². The van der Waals surface area contributed by atoms with Gasteiger partial charge in [0.2, 0.25) is 5.91 Å². The molecule has 0 saturated carbocycles. The SMILES string of the molecule is CCCC(N)C(=O)NCCCc1ccc(OC)c(OC)c1.Cl. The van der Waals surface area contributed by atoms with E-state index in [-0.39, 0.29) is 18.3 Å². The molecule has 126 valence electrons. The number of methoxy groups -OCH3 is 2. The summed E-state index contributed by atoms with van der Waals surface area (Å²) >= 11 is 0. The van der Waals surface area contributed by atoms with Crippen LogP contribution in [0.2, 0.25) is 0 Å². The van der Waals surface area contributed by atoms with E-state index in [0.29, 0.717) is 6.54 Å². The lowest BCUT2D eigenvalue weighted by Crippen LogP contribution is -2.40. The highest BCUT2D eigenvalue weighted by Gasteiger charge is 2.11. The van der Waals surface area contributed by atoms with Gasteiger partial charge in [0.15, 0.2) is 11.5 Å². The molecule has 0 aliphatic rings. The van der Waals surface area contributed by atoms with Crippen LogP contribution in [0.1, 0.15) is 31.7 Å². The third kappa shape index (κ3) is 6.54. The molecule has 0 radical (unpaired) electrons. The Bertz CT molecular complexity index is 455. The highest BCUT2D eigenvalue weighted by atomic mass is 35.5. The normalized spacial score (nSPS) is 11.3. The Morgan fingerprint density at radius 1 is 1.27 bits per heavy atom. The van der Waals surface area contributed by atoms with Crippen molar-refractivity contribution in [2.45, 2.75) is 38.6 Å². The van der Waals surface area contributed by atoms with Gasteiger partial charge >= 0.3 is 0 Å². The van der Waals surface area contributed by atoms with Gasteiger partial charge in [-0.2, -0.15) is 0 Å². The van der Waals surface area contributed by atoms with Gasteiger partial charge < -0.3 is 20.5 Å². The first kappa shape index (κ1) is 20.5. The summed E-state index contributed by atoms with van der Waals surface area (Å²) in [6, 6.07) is 5.47. The van der Waals surface area contributed by atoms with Crippen molar-refractivity contribution in [2.75, 3.05) is 20.8 Å². The van der Waals surface area contributed by atoms with Crippen molar-refractivity contribution in [3.8, 4) is 11.5 Å². The second-order valence-electron chi connectivity index (χ2n) is 4.98. The van der Waals surface area contributed by atoms with E-state index >= 15 is 0 Å². The minimum atomic E-state index is -0.393. The van der Waals surface area contributed by atoms with Crippen molar-refractivity contribution < 1.29 is 14.3 Å². The van der Waals surface area contributed by atoms with Crippen molar-refractivity contribution >= 4 is 18.3 Å². The van der Waals surface area contributed by atoms with Crippen LogP contribution in [-0.2, 0) is 11.2 Å². The van der Waals surface area contributed by atoms with Gasteiger partial charge in [-0.1, -0.05) is 19.4 Å². The van der Waals surface area contributed by atoms with E-state index in [1.54, 1.807) is 14.2 Å². The van der Waals surface area contributed by atoms with E-state index < -0.39 is 6.04 Å². The topological polar surface area (TPSA) is 73.6 Å². The molecule has 0 fully saturated rings. The molecule has 1 aromatic rings. The molecule has 0 aliphatic carbocycles. The largest absolute Gasteiger partial charge is 0.493 e. The van der Waals surface area contributed by atoms with Crippen LogP contribution in [-0.4, -0.2) is 32.7 Å². The van der Waals surface area contributed by atoms with Crippen molar-refractivity contribution in [3.05, 3.63) is 23.8 Å². The van der Waals surface area contributed by atoms with Crippen LogP contribution in [0.3, 0.4) is 0 Å². The number of ether oxygens (including phenoxy) is 2. The smallest absolute Gasteiger partial charge is 0.236 e. The Balaban J connectivity index is 0.00000441. The maximum atomic E-state index is 11.7. The van der Waals surface area contributed by atoms with Crippen LogP contribution in [0.15, 0.2) is 18.2 Å². The maximum absolute atomic E-state index is 11.7. The van der Waals surface area contributed by atoms with Crippen LogP contribution in [0.4, 0.5) is 0 Å². The number of carbonyl (C=O) groups excluding carboxylic acids is 1. The Labute approximate surface area is 139 Å². The summed E-state index contributed by atoms with van der Waals surface area (Å²) < 4.78 is 10.5. The summed E-state index contributed by atoms with van der Waals surface area (Å²) in [7, 11) is 3.24. The summed E-state index contributed by atoms with van der Waals surface area (Å²) in [5.41, 5.74) is 6.90. The number of carbonyl (C=O) groups is 1. The number of rotatable bonds is 9. The van der Waals surface area contributed by atoms with Crippen LogP contribution in [0, 0.1) is 0 Å². The van der Waals surface area contributed by atoms with Gasteiger partial charge in [0.05, 0.1) is 20.3 Å². The lowest BCUT2D eigenvalue weighted by atomic mass is 10.1. The van der Waals surface area contributed by atoms with E-state index in [0.717, 1.165) is 42.7 Å². The van der Waals surface area contributed by atoms with E-state index in [4.69, 9.17) is 15.2 Å². The number of nitrogens with one attached hydrogen (secondary N) is 1. The molecule has 0 heterocycles. The second-order valence-corrected chi connectivity index (χ2v) is 4.98. The van der Waals surface area contributed by atoms with Crippen LogP contribution >= 0.6 is 12.4 Å². The fraction of sp³-hybridized carbons (Fsp3) is 0.562. The zero-order chi connectivity index (χ0) is 15.7. The summed E-state index contributed by atoms with van der Waals surface area (Å²) in [5.74, 6) is 1.38. The first-order valence-electron chi connectivity index (χ1n) is 7.36. The van der Waals surface area contributed by atoms with Gasteiger partial charge in [0.25, 0.3) is 0 Å². The van der Waals surface area contributed by atoms with Crippen molar-refractivity contribution in [1.82, 2.24) is 5.32 Å². The number of aryl methyl sites for hydroxylation is 1. The number of benzene rings is 1. The zero-order valence-corrected chi connectivity index (χ0v) is 14.4. The zero-order valence-electron chi connectivity index (χ0n) is 13.6. The molecule has 1 aromatic carbocycles. The standard InChI is InChI=1S/C16H26N2O3.ClH/c1-4-6-13(17)16(19)18-10-5-7-12-8-9-14(20-2)15(11-12)21-3;/h8-9,11,13H,4-7,10,17H2,1-3H3,(H,18,19);1H. The van der Waals surface area contributed by atoms with Gasteiger partial charge in [-0.25, -0.2) is 0 Å². The average Bonchev–Trinajstić information content (AvgIpc) is 2.51. The van der Waals surface area contributed by atoms with E-state index in [1.165, 1.54) is 0 Å². The fourth-order valence-electron chi connectivity index (χ4n) is 2.11. The molecule has 0 aliphatic heterocycles. The lowest BCUT2D eigenvalue weighted by Gasteiger charge is -2.12. The highest BCUT2D eigenvalue weighted by molar-refractivity contribution is 5.85. The molecule has 0 aromatic heterocycles. The molecule has 0 bridgehead atoms. The summed E-state index contributed by atoms with van der Waals surface area (Å²) in [6.07, 6.45) is 3.37. The van der Waals surface area contributed by atoms with Gasteiger partial charge in [-0.15, -0.1) is 12.4 Å². The summed E-state index contributed by atoms with van der Waals surface area (Å²) in [4.78, 5) is 11.7. The lowest BCUT2D eigenvalue weighted by molar-refractivity contribution is -0.122. The molecule has 1 rings (SSSR count). The molecule has 3 N–H and O–H groups in total. The van der Waals surface area contributed by atoms with Gasteiger partial charge in [-0.05, 0) is 37.0 Å². The van der Waals surface area contributed by atoms with Crippen LogP contribution in [0.25, 0.3) is 0 Å². The minimum Gasteiger partial charge on any atom is -0.493 e. The minimum absolute atomic E-state index is 0. The summed E-state index contributed by atoms with van der Waals surface area (Å²) in [5, 5.41) is 2.87. The number of hydrogen-bond donors (Lipinski definition) is 2.